The first kappa shape index (κ1) is 25.6. The van der Waals surface area contributed by atoms with Crippen LogP contribution in [0, 0.1) is 18.8 Å². The van der Waals surface area contributed by atoms with E-state index in [-0.39, 0.29) is 17.7 Å². The summed E-state index contributed by atoms with van der Waals surface area (Å²) in [6.07, 6.45) is -3.86. The number of aromatic nitrogens is 1. The largest absolute Gasteiger partial charge is 0.452 e. The molecule has 3 heterocycles. The summed E-state index contributed by atoms with van der Waals surface area (Å²) in [4.78, 5) is 21.0. The Labute approximate surface area is 218 Å². The Morgan fingerprint density at radius 3 is 2.46 bits per heavy atom. The van der Waals surface area contributed by atoms with Gasteiger partial charge < -0.3 is 19.5 Å². The zero-order chi connectivity index (χ0) is 26.2. The van der Waals surface area contributed by atoms with Crippen LogP contribution in [0.2, 0.25) is 5.02 Å². The van der Waals surface area contributed by atoms with Gasteiger partial charge in [-0.2, -0.15) is 13.2 Å². The van der Waals surface area contributed by atoms with Crippen LogP contribution in [0.1, 0.15) is 28.2 Å². The van der Waals surface area contributed by atoms with Crippen LogP contribution in [0.25, 0.3) is 11.5 Å². The Hall–Kier alpha value is -3.04. The van der Waals surface area contributed by atoms with Crippen molar-refractivity contribution in [3.05, 3.63) is 70.6 Å². The molecule has 5 rings (SSSR count). The minimum atomic E-state index is -4.81. The molecule has 2 aliphatic heterocycles. The number of oxazole rings is 1. The SMILES string of the molecule is Cc1ccc(NCCCN2CC3CN(C(=O)c4nc(-c5ccccc5)oc4C(F)(F)F)CC3C2)cc1Cl. The molecule has 6 nitrogen and oxygen atoms in total. The lowest BCUT2D eigenvalue weighted by molar-refractivity contribution is -0.153. The normalized spacial score (nSPS) is 19.9. The van der Waals surface area contributed by atoms with Crippen LogP contribution in [-0.2, 0) is 6.18 Å². The highest BCUT2D eigenvalue weighted by Gasteiger charge is 2.46. The molecule has 2 fully saturated rings. The third-order valence-corrected chi connectivity index (χ3v) is 7.52. The second-order valence-electron chi connectivity index (χ2n) is 9.79. The number of benzene rings is 2. The zero-order valence-corrected chi connectivity index (χ0v) is 21.1. The van der Waals surface area contributed by atoms with E-state index in [1.807, 2.05) is 25.1 Å². The molecule has 2 atom stereocenters. The quantitative estimate of drug-likeness (QED) is 0.388. The van der Waals surface area contributed by atoms with E-state index >= 15 is 0 Å². The highest BCUT2D eigenvalue weighted by molar-refractivity contribution is 6.31. The smallest absolute Gasteiger partial charge is 0.431 e. The first-order chi connectivity index (χ1) is 17.7. The Balaban J connectivity index is 1.16. The lowest BCUT2D eigenvalue weighted by Crippen LogP contribution is -2.34. The lowest BCUT2D eigenvalue weighted by Gasteiger charge is -2.21. The lowest BCUT2D eigenvalue weighted by atomic mass is 10.0. The maximum absolute atomic E-state index is 13.7. The summed E-state index contributed by atoms with van der Waals surface area (Å²) < 4.78 is 46.1. The van der Waals surface area contributed by atoms with E-state index in [9.17, 15) is 18.0 Å². The Morgan fingerprint density at radius 1 is 1.11 bits per heavy atom. The van der Waals surface area contributed by atoms with Gasteiger partial charge in [0.1, 0.15) is 0 Å². The van der Waals surface area contributed by atoms with Crippen molar-refractivity contribution in [2.75, 3.05) is 44.6 Å². The monoisotopic (exact) mass is 532 g/mol. The molecule has 0 radical (unpaired) electrons. The molecule has 2 aromatic carbocycles. The molecule has 0 bridgehead atoms. The fraction of sp³-hybridized carbons (Fsp3) is 0.407. The van der Waals surface area contributed by atoms with Crippen LogP contribution in [0.5, 0.6) is 0 Å². The van der Waals surface area contributed by atoms with Gasteiger partial charge in [0.2, 0.25) is 11.7 Å². The maximum atomic E-state index is 13.7. The van der Waals surface area contributed by atoms with Gasteiger partial charge in [0.15, 0.2) is 5.69 Å². The molecule has 1 aromatic heterocycles. The summed E-state index contributed by atoms with van der Waals surface area (Å²) in [5.74, 6) is -1.79. The van der Waals surface area contributed by atoms with Gasteiger partial charge in [0.25, 0.3) is 5.91 Å². The molecular weight excluding hydrogens is 505 g/mol. The minimum Gasteiger partial charge on any atom is -0.431 e. The topological polar surface area (TPSA) is 61.6 Å². The molecule has 0 aliphatic carbocycles. The third kappa shape index (κ3) is 5.62. The van der Waals surface area contributed by atoms with Crippen molar-refractivity contribution in [3.8, 4) is 11.5 Å². The Kier molecular flexibility index (Phi) is 7.18. The van der Waals surface area contributed by atoms with Gasteiger partial charge in [0, 0.05) is 49.0 Å². The van der Waals surface area contributed by atoms with Crippen molar-refractivity contribution < 1.29 is 22.4 Å². The summed E-state index contributed by atoms with van der Waals surface area (Å²) in [6, 6.07) is 14.2. The van der Waals surface area contributed by atoms with E-state index in [2.05, 4.69) is 15.2 Å². The van der Waals surface area contributed by atoms with Gasteiger partial charge in [0.05, 0.1) is 0 Å². The summed E-state index contributed by atoms with van der Waals surface area (Å²) in [5, 5.41) is 4.12. The standard InChI is InChI=1S/C27H28ClF3N4O2/c1-17-8-9-21(12-22(17)28)32-10-5-11-34-13-19-15-35(16-20(19)14-34)26(36)23-24(27(29,30)31)37-25(33-23)18-6-3-2-4-7-18/h2-4,6-9,12,19-20,32H,5,10-11,13-16H2,1H3. The van der Waals surface area contributed by atoms with Gasteiger partial charge in [-0.3, -0.25) is 4.79 Å². The molecule has 0 saturated carbocycles. The summed E-state index contributed by atoms with van der Waals surface area (Å²) in [6.45, 7) is 6.18. The zero-order valence-electron chi connectivity index (χ0n) is 20.4. The fourth-order valence-corrected chi connectivity index (χ4v) is 5.37. The Bertz CT molecular complexity index is 1250. The van der Waals surface area contributed by atoms with Crippen LogP contribution in [0.3, 0.4) is 0 Å². The highest BCUT2D eigenvalue weighted by Crippen LogP contribution is 2.37. The van der Waals surface area contributed by atoms with E-state index < -0.39 is 23.5 Å². The second kappa shape index (κ2) is 10.4. The number of rotatable bonds is 7. The van der Waals surface area contributed by atoms with Crippen molar-refractivity contribution >= 4 is 23.2 Å². The van der Waals surface area contributed by atoms with Gasteiger partial charge >= 0.3 is 6.18 Å². The van der Waals surface area contributed by atoms with Crippen molar-refractivity contribution in [1.29, 1.82) is 0 Å². The van der Waals surface area contributed by atoms with E-state index in [1.165, 1.54) is 4.90 Å². The number of hydrogen-bond acceptors (Lipinski definition) is 5. The van der Waals surface area contributed by atoms with Crippen LogP contribution in [0.4, 0.5) is 18.9 Å². The van der Waals surface area contributed by atoms with Gasteiger partial charge in [-0.15, -0.1) is 0 Å². The maximum Gasteiger partial charge on any atom is 0.452 e. The number of hydrogen-bond donors (Lipinski definition) is 1. The summed E-state index contributed by atoms with van der Waals surface area (Å²) in [5.41, 5.74) is 1.76. The summed E-state index contributed by atoms with van der Waals surface area (Å²) >= 11 is 6.18. The molecule has 37 heavy (non-hydrogen) atoms. The molecule has 2 saturated heterocycles. The molecule has 10 heteroatoms. The Morgan fingerprint density at radius 2 is 1.81 bits per heavy atom. The van der Waals surface area contributed by atoms with Gasteiger partial charge in [-0.05, 0) is 61.6 Å². The van der Waals surface area contributed by atoms with E-state index in [0.717, 1.165) is 48.9 Å². The van der Waals surface area contributed by atoms with Crippen LogP contribution in [0.15, 0.2) is 52.9 Å². The molecule has 1 amide bonds. The van der Waals surface area contributed by atoms with Crippen molar-refractivity contribution in [2.45, 2.75) is 19.5 Å². The number of halogens is 4. The average molecular weight is 533 g/mol. The van der Waals surface area contributed by atoms with Crippen molar-refractivity contribution in [2.24, 2.45) is 11.8 Å². The first-order valence-electron chi connectivity index (χ1n) is 12.3. The molecule has 3 aromatic rings. The van der Waals surface area contributed by atoms with Crippen LogP contribution < -0.4 is 5.32 Å². The van der Waals surface area contributed by atoms with Gasteiger partial charge in [-0.25, -0.2) is 4.98 Å². The number of carbonyl (C=O) groups excluding carboxylic acids is 1. The number of carbonyl (C=O) groups is 1. The number of anilines is 1. The van der Waals surface area contributed by atoms with Crippen LogP contribution >= 0.6 is 11.6 Å². The number of fused-ring (bicyclic) bond motifs is 1. The molecule has 2 unspecified atom stereocenters. The second-order valence-corrected chi connectivity index (χ2v) is 10.2. The number of nitrogens with one attached hydrogen (secondary N) is 1. The summed E-state index contributed by atoms with van der Waals surface area (Å²) in [7, 11) is 0. The molecule has 1 N–H and O–H groups in total. The van der Waals surface area contributed by atoms with E-state index in [1.54, 1.807) is 30.3 Å². The molecule has 196 valence electrons. The average Bonchev–Trinajstić information content (AvgIpc) is 3.57. The van der Waals surface area contributed by atoms with Crippen molar-refractivity contribution in [3.63, 3.8) is 0 Å². The van der Waals surface area contributed by atoms with E-state index in [4.69, 9.17) is 16.0 Å². The van der Waals surface area contributed by atoms with Gasteiger partial charge in [-0.1, -0.05) is 35.9 Å². The van der Waals surface area contributed by atoms with Crippen LogP contribution in [-0.4, -0.2) is 60.0 Å². The third-order valence-electron chi connectivity index (χ3n) is 7.11. The predicted molar refractivity (Wildman–Crippen MR) is 136 cm³/mol. The number of nitrogens with zero attached hydrogens (tertiary/aromatic N) is 3. The molecule has 0 spiro atoms. The number of alkyl halides is 3. The minimum absolute atomic E-state index is 0.205. The van der Waals surface area contributed by atoms with Crippen molar-refractivity contribution in [1.82, 2.24) is 14.8 Å². The molecular formula is C27H28ClF3N4O2. The molecule has 2 aliphatic rings. The highest BCUT2D eigenvalue weighted by atomic mass is 35.5. The number of likely N-dealkylation sites (tertiary alicyclic amines) is 2. The first-order valence-corrected chi connectivity index (χ1v) is 12.7. The number of amides is 1. The number of aryl methyl sites for hydroxylation is 1. The van der Waals surface area contributed by atoms with E-state index in [0.29, 0.717) is 18.7 Å². The fourth-order valence-electron chi connectivity index (χ4n) is 5.19. The predicted octanol–water partition coefficient (Wildman–Crippen LogP) is 5.83.